The molecule has 1 fully saturated rings. The molecule has 0 spiro atoms. The minimum absolute atomic E-state index is 0. The van der Waals surface area contributed by atoms with Crippen LogP contribution in [0, 0.1) is 0 Å². The zero-order valence-electron chi connectivity index (χ0n) is 10.2. The summed E-state index contributed by atoms with van der Waals surface area (Å²) in [6.45, 7) is 3.49. The van der Waals surface area contributed by atoms with Crippen LogP contribution in [0.25, 0.3) is 0 Å². The lowest BCUT2D eigenvalue weighted by molar-refractivity contribution is 0.697. The van der Waals surface area contributed by atoms with Crippen LogP contribution in [0.1, 0.15) is 25.6 Å². The largest absolute Gasteiger partial charge is 0.357 e. The van der Waals surface area contributed by atoms with Crippen LogP contribution in [0.5, 0.6) is 0 Å². The average Bonchev–Trinajstić information content (AvgIpc) is 2.98. The highest BCUT2D eigenvalue weighted by molar-refractivity contribution is 14.0. The van der Waals surface area contributed by atoms with E-state index in [2.05, 4.69) is 32.6 Å². The molecule has 0 aliphatic heterocycles. The fourth-order valence-electron chi connectivity index (χ4n) is 1.35. The Bertz CT molecular complexity index is 371. The molecule has 6 nitrogen and oxygen atoms in total. The summed E-state index contributed by atoms with van der Waals surface area (Å²) >= 11 is 0. The first-order chi connectivity index (χ1) is 7.79. The maximum absolute atomic E-state index is 4.47. The highest BCUT2D eigenvalue weighted by Crippen LogP contribution is 2.18. The number of aryl methyl sites for hydroxylation is 1. The van der Waals surface area contributed by atoms with Crippen molar-refractivity contribution in [1.29, 1.82) is 0 Å². The molecule has 0 bridgehead atoms. The van der Waals surface area contributed by atoms with Crippen molar-refractivity contribution in [2.45, 2.75) is 32.4 Å². The molecule has 1 aromatic rings. The molecule has 96 valence electrons. The van der Waals surface area contributed by atoms with Gasteiger partial charge >= 0.3 is 0 Å². The Kier molecular flexibility index (Phi) is 5.66. The quantitative estimate of drug-likeness (QED) is 0.476. The predicted octanol–water partition coefficient (Wildman–Crippen LogP) is 0.651. The number of hydrogen-bond donors (Lipinski definition) is 2. The van der Waals surface area contributed by atoms with Gasteiger partial charge in [-0.3, -0.25) is 4.68 Å². The maximum atomic E-state index is 4.47. The first-order valence-electron chi connectivity index (χ1n) is 5.67. The van der Waals surface area contributed by atoms with Gasteiger partial charge in [0.2, 0.25) is 0 Å². The van der Waals surface area contributed by atoms with Gasteiger partial charge in [0.15, 0.2) is 5.96 Å². The minimum Gasteiger partial charge on any atom is -0.357 e. The van der Waals surface area contributed by atoms with Crippen LogP contribution in [0.4, 0.5) is 0 Å². The average molecular weight is 350 g/mol. The highest BCUT2D eigenvalue weighted by atomic mass is 127. The number of aliphatic imine (C=N–C) groups is 1. The first-order valence-corrected chi connectivity index (χ1v) is 5.67. The molecule has 2 N–H and O–H groups in total. The molecule has 1 aliphatic carbocycles. The van der Waals surface area contributed by atoms with Crippen molar-refractivity contribution < 1.29 is 0 Å². The number of nitrogens with zero attached hydrogens (tertiary/aromatic N) is 4. The van der Waals surface area contributed by atoms with Gasteiger partial charge in [-0.1, -0.05) is 0 Å². The molecule has 0 atom stereocenters. The van der Waals surface area contributed by atoms with E-state index in [1.807, 2.05) is 7.05 Å². The SMILES string of the molecule is CCNC(=NCc1ncnn1C)NC1CC1.I. The molecule has 0 unspecified atom stereocenters. The van der Waals surface area contributed by atoms with Crippen molar-refractivity contribution in [1.82, 2.24) is 25.4 Å². The van der Waals surface area contributed by atoms with Crippen molar-refractivity contribution in [2.75, 3.05) is 6.54 Å². The summed E-state index contributed by atoms with van der Waals surface area (Å²) in [6.07, 6.45) is 4.04. The van der Waals surface area contributed by atoms with Gasteiger partial charge in [0, 0.05) is 19.6 Å². The van der Waals surface area contributed by atoms with E-state index in [1.165, 1.54) is 12.8 Å². The smallest absolute Gasteiger partial charge is 0.191 e. The van der Waals surface area contributed by atoms with Crippen LogP contribution in [0.15, 0.2) is 11.3 Å². The molecule has 17 heavy (non-hydrogen) atoms. The van der Waals surface area contributed by atoms with Crippen molar-refractivity contribution in [3.63, 3.8) is 0 Å². The zero-order valence-corrected chi connectivity index (χ0v) is 12.5. The lowest BCUT2D eigenvalue weighted by Crippen LogP contribution is -2.38. The maximum Gasteiger partial charge on any atom is 0.191 e. The summed E-state index contributed by atoms with van der Waals surface area (Å²) in [5.41, 5.74) is 0. The fraction of sp³-hybridized carbons (Fsp3) is 0.700. The molecule has 1 aliphatic rings. The second-order valence-corrected chi connectivity index (χ2v) is 3.91. The molecule has 2 rings (SSSR count). The molecule has 1 saturated carbocycles. The minimum atomic E-state index is 0. The molecular weight excluding hydrogens is 331 g/mol. The third-order valence-corrected chi connectivity index (χ3v) is 2.45. The Labute approximate surface area is 118 Å². The molecular formula is C10H19IN6. The van der Waals surface area contributed by atoms with Gasteiger partial charge in [0.25, 0.3) is 0 Å². The van der Waals surface area contributed by atoms with Gasteiger partial charge in [-0.2, -0.15) is 5.10 Å². The summed E-state index contributed by atoms with van der Waals surface area (Å²) in [6, 6.07) is 0.609. The lowest BCUT2D eigenvalue weighted by atomic mass is 10.6. The van der Waals surface area contributed by atoms with Gasteiger partial charge in [-0.05, 0) is 19.8 Å². The summed E-state index contributed by atoms with van der Waals surface area (Å²) in [5.74, 6) is 1.74. The van der Waals surface area contributed by atoms with Gasteiger partial charge in [-0.15, -0.1) is 24.0 Å². The molecule has 0 saturated heterocycles. The Morgan fingerprint density at radius 1 is 1.59 bits per heavy atom. The summed E-state index contributed by atoms with van der Waals surface area (Å²) < 4.78 is 1.74. The summed E-state index contributed by atoms with van der Waals surface area (Å²) in [7, 11) is 1.87. The van der Waals surface area contributed by atoms with Gasteiger partial charge < -0.3 is 10.6 Å². The van der Waals surface area contributed by atoms with Crippen LogP contribution < -0.4 is 10.6 Å². The topological polar surface area (TPSA) is 67.1 Å². The molecule has 7 heteroatoms. The molecule has 0 amide bonds. The first kappa shape index (κ1) is 14.2. The van der Waals surface area contributed by atoms with E-state index < -0.39 is 0 Å². The van der Waals surface area contributed by atoms with Gasteiger partial charge in [0.1, 0.15) is 18.7 Å². The Hall–Kier alpha value is -0.860. The second-order valence-electron chi connectivity index (χ2n) is 3.91. The van der Waals surface area contributed by atoms with E-state index >= 15 is 0 Å². The number of nitrogens with one attached hydrogen (secondary N) is 2. The Morgan fingerprint density at radius 3 is 2.88 bits per heavy atom. The number of aromatic nitrogens is 3. The predicted molar refractivity (Wildman–Crippen MR) is 77.4 cm³/mol. The monoisotopic (exact) mass is 350 g/mol. The van der Waals surface area contributed by atoms with Crippen molar-refractivity contribution in [3.8, 4) is 0 Å². The van der Waals surface area contributed by atoms with Crippen LogP contribution in [-0.4, -0.2) is 33.3 Å². The molecule has 0 aromatic carbocycles. The molecule has 1 heterocycles. The highest BCUT2D eigenvalue weighted by Gasteiger charge is 2.22. The Balaban J connectivity index is 0.00000144. The number of hydrogen-bond acceptors (Lipinski definition) is 3. The van der Waals surface area contributed by atoms with Crippen LogP contribution in [-0.2, 0) is 13.6 Å². The van der Waals surface area contributed by atoms with E-state index in [0.717, 1.165) is 18.3 Å². The number of rotatable bonds is 4. The van der Waals surface area contributed by atoms with Crippen molar-refractivity contribution in [3.05, 3.63) is 12.2 Å². The third kappa shape index (κ3) is 4.49. The van der Waals surface area contributed by atoms with Gasteiger partial charge in [-0.25, -0.2) is 9.98 Å². The molecule has 1 aromatic heterocycles. The lowest BCUT2D eigenvalue weighted by Gasteiger charge is -2.09. The van der Waals surface area contributed by atoms with E-state index in [-0.39, 0.29) is 24.0 Å². The molecule has 0 radical (unpaired) electrons. The zero-order chi connectivity index (χ0) is 11.4. The standard InChI is InChI=1S/C10H18N6.HI/c1-3-11-10(15-8-4-5-8)12-6-9-13-7-14-16(9)2;/h7-8H,3-6H2,1-2H3,(H2,11,12,15);1H. The normalized spacial score (nSPS) is 15.3. The van der Waals surface area contributed by atoms with E-state index in [1.54, 1.807) is 11.0 Å². The number of guanidine groups is 1. The van der Waals surface area contributed by atoms with E-state index in [4.69, 9.17) is 0 Å². The number of halogens is 1. The second kappa shape index (κ2) is 6.77. The summed E-state index contributed by atoms with van der Waals surface area (Å²) in [5, 5.41) is 10.6. The van der Waals surface area contributed by atoms with Gasteiger partial charge in [0.05, 0.1) is 0 Å². The van der Waals surface area contributed by atoms with Crippen molar-refractivity contribution >= 4 is 29.9 Å². The summed E-state index contributed by atoms with van der Waals surface area (Å²) in [4.78, 5) is 8.60. The van der Waals surface area contributed by atoms with E-state index in [0.29, 0.717) is 12.6 Å². The van der Waals surface area contributed by atoms with Crippen LogP contribution >= 0.6 is 24.0 Å². The Morgan fingerprint density at radius 2 is 2.35 bits per heavy atom. The van der Waals surface area contributed by atoms with Crippen LogP contribution in [0.2, 0.25) is 0 Å². The van der Waals surface area contributed by atoms with E-state index in [9.17, 15) is 0 Å². The van der Waals surface area contributed by atoms with Crippen LogP contribution in [0.3, 0.4) is 0 Å². The fourth-order valence-corrected chi connectivity index (χ4v) is 1.35. The third-order valence-electron chi connectivity index (χ3n) is 2.45. The van der Waals surface area contributed by atoms with Crippen molar-refractivity contribution in [2.24, 2.45) is 12.0 Å².